The van der Waals surface area contributed by atoms with Crippen LogP contribution in [0.4, 0.5) is 15.3 Å². The fraction of sp³-hybridized carbons (Fsp3) is 0.375. The van der Waals surface area contributed by atoms with E-state index in [0.29, 0.717) is 23.9 Å². The number of urea groups is 2. The van der Waals surface area contributed by atoms with Crippen molar-refractivity contribution in [2.75, 3.05) is 25.6 Å². The molecule has 2 aliphatic heterocycles. The van der Waals surface area contributed by atoms with Crippen molar-refractivity contribution < 1.29 is 23.9 Å². The molecule has 2 heterocycles. The second kappa shape index (κ2) is 10.5. The zero-order chi connectivity index (χ0) is 25.1. The monoisotopic (exact) mass is 501 g/mol. The number of hydrogen-bond acceptors (Lipinski definition) is 7. The van der Waals surface area contributed by atoms with Crippen molar-refractivity contribution in [3.63, 3.8) is 0 Å². The molecule has 2 aliphatic rings. The van der Waals surface area contributed by atoms with Gasteiger partial charge in [0.25, 0.3) is 0 Å². The van der Waals surface area contributed by atoms with Crippen molar-refractivity contribution in [3.05, 3.63) is 64.2 Å². The number of hydrogen-bond donors (Lipinski definition) is 2. The second-order valence-electron chi connectivity index (χ2n) is 8.57. The van der Waals surface area contributed by atoms with Crippen LogP contribution >= 0.6 is 11.6 Å². The van der Waals surface area contributed by atoms with Gasteiger partial charge in [0.05, 0.1) is 32.8 Å². The Hall–Kier alpha value is -3.34. The van der Waals surface area contributed by atoms with Crippen LogP contribution < -0.4 is 11.2 Å². The number of carbonyl (C=O) groups is 3. The first kappa shape index (κ1) is 24.8. The molecule has 0 bridgehead atoms. The summed E-state index contributed by atoms with van der Waals surface area (Å²) in [7, 11) is 1.26. The van der Waals surface area contributed by atoms with Gasteiger partial charge >= 0.3 is 18.0 Å². The number of nitrogens with one attached hydrogen (secondary N) is 1. The number of nitrogens with zero attached hydrogens (tertiary/aromatic N) is 3. The number of imide groups is 1. The van der Waals surface area contributed by atoms with E-state index in [1.54, 1.807) is 31.2 Å². The Morgan fingerprint density at radius 2 is 1.94 bits per heavy atom. The number of nitrogens with two attached hydrogens (primary N) is 1. The van der Waals surface area contributed by atoms with E-state index in [0.717, 1.165) is 33.0 Å². The zero-order valence-electron chi connectivity index (χ0n) is 19.6. The maximum absolute atomic E-state index is 13.5. The van der Waals surface area contributed by atoms with E-state index in [-0.39, 0.29) is 13.1 Å². The van der Waals surface area contributed by atoms with E-state index in [1.165, 1.54) is 12.0 Å². The Bertz CT molecular complexity index is 1110. The summed E-state index contributed by atoms with van der Waals surface area (Å²) in [5.74, 6) is 4.99. The van der Waals surface area contributed by atoms with Crippen LogP contribution in [-0.4, -0.2) is 59.4 Å². The minimum Gasteiger partial charge on any atom is -0.469 e. The highest BCUT2D eigenvalue weighted by Gasteiger charge is 2.44. The van der Waals surface area contributed by atoms with Crippen LogP contribution in [0, 0.1) is 5.92 Å². The lowest BCUT2D eigenvalue weighted by Gasteiger charge is -2.45. The molecule has 4 rings (SSSR count). The van der Waals surface area contributed by atoms with Crippen molar-refractivity contribution in [1.29, 1.82) is 0 Å². The summed E-state index contributed by atoms with van der Waals surface area (Å²) in [6.45, 7) is 2.75. The van der Waals surface area contributed by atoms with Crippen LogP contribution in [0.3, 0.4) is 0 Å². The Labute approximate surface area is 208 Å². The molecular weight excluding hydrogens is 474 g/mol. The van der Waals surface area contributed by atoms with Crippen LogP contribution in [0.5, 0.6) is 0 Å². The van der Waals surface area contributed by atoms with Crippen LogP contribution in [0.15, 0.2) is 42.5 Å². The lowest BCUT2D eigenvalue weighted by molar-refractivity contribution is -0.145. The first-order chi connectivity index (χ1) is 16.8. The number of esters is 1. The normalized spacial score (nSPS) is 18.9. The summed E-state index contributed by atoms with van der Waals surface area (Å²) in [5.41, 5.74) is 3.74. The van der Waals surface area contributed by atoms with Gasteiger partial charge in [-0.05, 0) is 47.4 Å². The SMILES string of the molecule is COC(=O)[C@@H](C)CN1C(=O)N(N)C(Nc2ccc3c(c2)CCOC3)N(Cc2ccc(Cl)cc2)C1=O. The van der Waals surface area contributed by atoms with E-state index in [2.05, 4.69) is 5.32 Å². The maximum Gasteiger partial charge on any atom is 0.345 e. The Morgan fingerprint density at radius 1 is 1.20 bits per heavy atom. The molecule has 2 atom stereocenters. The van der Waals surface area contributed by atoms with Crippen molar-refractivity contribution >= 4 is 35.3 Å². The minimum absolute atomic E-state index is 0.149. The van der Waals surface area contributed by atoms with E-state index in [4.69, 9.17) is 26.9 Å². The number of halogens is 1. The number of hydrazine groups is 1. The minimum atomic E-state index is -0.965. The Balaban J connectivity index is 1.63. The number of anilines is 1. The lowest BCUT2D eigenvalue weighted by Crippen LogP contribution is -2.70. The highest BCUT2D eigenvalue weighted by atomic mass is 35.5. The quantitative estimate of drug-likeness (QED) is 0.340. The molecule has 11 heteroatoms. The molecule has 0 aliphatic carbocycles. The van der Waals surface area contributed by atoms with Gasteiger partial charge in [-0.15, -0.1) is 0 Å². The summed E-state index contributed by atoms with van der Waals surface area (Å²) >= 11 is 6.02. The van der Waals surface area contributed by atoms with E-state index in [1.807, 2.05) is 18.2 Å². The number of methoxy groups -OCH3 is 1. The summed E-state index contributed by atoms with van der Waals surface area (Å²) in [5, 5.41) is 4.76. The average molecular weight is 502 g/mol. The van der Waals surface area contributed by atoms with Gasteiger partial charge in [-0.2, -0.15) is 0 Å². The number of amides is 4. The molecule has 0 radical (unpaired) electrons. The highest BCUT2D eigenvalue weighted by Crippen LogP contribution is 2.26. The molecule has 35 heavy (non-hydrogen) atoms. The maximum atomic E-state index is 13.5. The number of fused-ring (bicyclic) bond motifs is 1. The van der Waals surface area contributed by atoms with Crippen LogP contribution in [0.1, 0.15) is 23.6 Å². The van der Waals surface area contributed by atoms with Gasteiger partial charge < -0.3 is 14.8 Å². The molecule has 3 N–H and O–H groups in total. The predicted molar refractivity (Wildman–Crippen MR) is 129 cm³/mol. The van der Waals surface area contributed by atoms with Gasteiger partial charge in [0.2, 0.25) is 6.29 Å². The van der Waals surface area contributed by atoms with Gasteiger partial charge in [-0.1, -0.05) is 36.7 Å². The molecule has 1 fully saturated rings. The molecule has 186 valence electrons. The topological polar surface area (TPSA) is 117 Å². The van der Waals surface area contributed by atoms with Crippen molar-refractivity contribution in [3.8, 4) is 0 Å². The third-order valence-electron chi connectivity index (χ3n) is 6.09. The smallest absolute Gasteiger partial charge is 0.345 e. The summed E-state index contributed by atoms with van der Waals surface area (Å²) in [4.78, 5) is 41.0. The third kappa shape index (κ3) is 5.34. The standard InChI is InChI=1S/C24H28ClN5O5/c1-15(21(31)34-2)12-29-23(32)28(13-16-3-6-19(25)7-4-16)22(30(26)24(29)33)27-20-8-5-18-14-35-10-9-17(18)11-20/h3-8,11,15,22,27H,9-10,12-14,26H2,1-2H3/t15-,22?/m0/s1. The Kier molecular flexibility index (Phi) is 7.44. The largest absolute Gasteiger partial charge is 0.469 e. The molecule has 0 saturated carbocycles. The zero-order valence-corrected chi connectivity index (χ0v) is 20.3. The van der Waals surface area contributed by atoms with Gasteiger partial charge in [0.15, 0.2) is 0 Å². The number of ether oxygens (including phenoxy) is 2. The van der Waals surface area contributed by atoms with Crippen LogP contribution in [0.2, 0.25) is 5.02 Å². The molecular formula is C24H28ClN5O5. The van der Waals surface area contributed by atoms with Crippen molar-refractivity contribution in [2.24, 2.45) is 11.8 Å². The van der Waals surface area contributed by atoms with Gasteiger partial charge in [0.1, 0.15) is 0 Å². The fourth-order valence-electron chi connectivity index (χ4n) is 4.13. The molecule has 10 nitrogen and oxygen atoms in total. The van der Waals surface area contributed by atoms with Crippen molar-refractivity contribution in [2.45, 2.75) is 32.8 Å². The molecule has 2 aromatic rings. The predicted octanol–water partition coefficient (Wildman–Crippen LogP) is 3.15. The van der Waals surface area contributed by atoms with Gasteiger partial charge in [-0.25, -0.2) is 25.3 Å². The van der Waals surface area contributed by atoms with E-state index in [9.17, 15) is 14.4 Å². The number of rotatable bonds is 7. The van der Waals surface area contributed by atoms with E-state index < -0.39 is 30.2 Å². The first-order valence-corrected chi connectivity index (χ1v) is 11.6. The first-order valence-electron chi connectivity index (χ1n) is 11.2. The number of benzene rings is 2. The summed E-state index contributed by atoms with van der Waals surface area (Å²) in [6.07, 6.45) is -0.193. The van der Waals surface area contributed by atoms with Crippen molar-refractivity contribution in [1.82, 2.24) is 14.8 Å². The van der Waals surface area contributed by atoms with Crippen LogP contribution in [0.25, 0.3) is 0 Å². The van der Waals surface area contributed by atoms with Crippen LogP contribution in [-0.2, 0) is 33.8 Å². The molecule has 4 amide bonds. The van der Waals surface area contributed by atoms with E-state index >= 15 is 0 Å². The second-order valence-corrected chi connectivity index (χ2v) is 9.00. The molecule has 0 spiro atoms. The average Bonchev–Trinajstić information content (AvgIpc) is 2.87. The molecule has 1 saturated heterocycles. The molecule has 1 unspecified atom stereocenters. The molecule has 0 aromatic heterocycles. The fourth-order valence-corrected chi connectivity index (χ4v) is 4.26. The van der Waals surface area contributed by atoms with Gasteiger partial charge in [0, 0.05) is 17.3 Å². The highest BCUT2D eigenvalue weighted by molar-refractivity contribution is 6.30. The Morgan fingerprint density at radius 3 is 2.66 bits per heavy atom. The number of carbonyl (C=O) groups excluding carboxylic acids is 3. The molecule has 2 aromatic carbocycles. The summed E-state index contributed by atoms with van der Waals surface area (Å²) < 4.78 is 10.2. The van der Waals surface area contributed by atoms with Gasteiger partial charge in [-0.3, -0.25) is 9.69 Å². The lowest BCUT2D eigenvalue weighted by atomic mass is 10.0. The summed E-state index contributed by atoms with van der Waals surface area (Å²) in [6, 6.07) is 11.5. The third-order valence-corrected chi connectivity index (χ3v) is 6.34.